The fourth-order valence-corrected chi connectivity index (χ4v) is 1.96. The van der Waals surface area contributed by atoms with Crippen LogP contribution in [0.1, 0.15) is 11.1 Å². The summed E-state index contributed by atoms with van der Waals surface area (Å²) in [4.78, 5) is 11.8. The molecule has 0 saturated carbocycles. The Bertz CT molecular complexity index is 581. The van der Waals surface area contributed by atoms with E-state index in [1.807, 2.05) is 36.4 Å². The summed E-state index contributed by atoms with van der Waals surface area (Å²) in [6.45, 7) is 0.490. The maximum Gasteiger partial charge on any atom is 0.224 e. The monoisotopic (exact) mass is 289 g/mol. The smallest absolute Gasteiger partial charge is 0.224 e. The molecule has 0 fully saturated rings. The fourth-order valence-electron chi connectivity index (χ4n) is 1.83. The molecule has 2 aromatic carbocycles. The highest BCUT2D eigenvalue weighted by Gasteiger charge is 2.04. The lowest BCUT2D eigenvalue weighted by atomic mass is 10.1. The Morgan fingerprint density at radius 1 is 1.15 bits per heavy atom. The molecule has 0 aromatic heterocycles. The minimum atomic E-state index is -0.0184. The van der Waals surface area contributed by atoms with E-state index in [2.05, 4.69) is 5.32 Å². The zero-order valence-corrected chi connectivity index (χ0v) is 12.0. The first kappa shape index (κ1) is 14.4. The third kappa shape index (κ3) is 4.28. The van der Waals surface area contributed by atoms with E-state index in [0.717, 1.165) is 16.9 Å². The summed E-state index contributed by atoms with van der Waals surface area (Å²) < 4.78 is 5.14. The Kier molecular flexibility index (Phi) is 5.02. The van der Waals surface area contributed by atoms with Crippen LogP contribution < -0.4 is 10.1 Å². The van der Waals surface area contributed by atoms with Crippen molar-refractivity contribution < 1.29 is 9.53 Å². The van der Waals surface area contributed by atoms with Gasteiger partial charge in [-0.3, -0.25) is 4.79 Å². The number of hydrogen-bond acceptors (Lipinski definition) is 2. The molecule has 1 amide bonds. The standard InChI is InChI=1S/C16H16ClNO2/c1-20-15-4-2-3-13(9-15)11-18-16(19)10-12-5-7-14(17)8-6-12/h2-9H,10-11H2,1H3,(H,18,19). The van der Waals surface area contributed by atoms with Gasteiger partial charge in [0.05, 0.1) is 13.5 Å². The van der Waals surface area contributed by atoms with Crippen LogP contribution in [0.4, 0.5) is 0 Å². The van der Waals surface area contributed by atoms with Gasteiger partial charge in [-0.2, -0.15) is 0 Å². The van der Waals surface area contributed by atoms with Gasteiger partial charge in [0.1, 0.15) is 5.75 Å². The molecule has 0 aliphatic heterocycles. The SMILES string of the molecule is COc1cccc(CNC(=O)Cc2ccc(Cl)cc2)c1. The Morgan fingerprint density at radius 2 is 1.90 bits per heavy atom. The van der Waals surface area contributed by atoms with E-state index < -0.39 is 0 Å². The molecule has 0 spiro atoms. The number of rotatable bonds is 5. The second kappa shape index (κ2) is 6.96. The van der Waals surface area contributed by atoms with Crippen molar-refractivity contribution in [1.29, 1.82) is 0 Å². The van der Waals surface area contributed by atoms with Gasteiger partial charge in [-0.05, 0) is 35.4 Å². The van der Waals surface area contributed by atoms with E-state index in [0.29, 0.717) is 18.0 Å². The van der Waals surface area contributed by atoms with Crippen molar-refractivity contribution in [3.05, 3.63) is 64.7 Å². The lowest BCUT2D eigenvalue weighted by Gasteiger charge is -2.07. The summed E-state index contributed by atoms with van der Waals surface area (Å²) >= 11 is 5.81. The van der Waals surface area contributed by atoms with Gasteiger partial charge in [0.25, 0.3) is 0 Å². The fraction of sp³-hybridized carbons (Fsp3) is 0.188. The highest BCUT2D eigenvalue weighted by Crippen LogP contribution is 2.12. The molecule has 0 heterocycles. The van der Waals surface area contributed by atoms with Crippen LogP contribution in [0.25, 0.3) is 0 Å². The van der Waals surface area contributed by atoms with Crippen LogP contribution >= 0.6 is 11.6 Å². The van der Waals surface area contributed by atoms with Crippen LogP contribution in [-0.4, -0.2) is 13.0 Å². The zero-order chi connectivity index (χ0) is 14.4. The normalized spacial score (nSPS) is 10.1. The third-order valence-corrected chi connectivity index (χ3v) is 3.15. The molecule has 0 unspecified atom stereocenters. The molecule has 0 saturated heterocycles. The molecule has 2 rings (SSSR count). The Labute approximate surface area is 123 Å². The van der Waals surface area contributed by atoms with E-state index in [9.17, 15) is 4.79 Å². The minimum absolute atomic E-state index is 0.0184. The summed E-state index contributed by atoms with van der Waals surface area (Å²) in [5.74, 6) is 0.768. The van der Waals surface area contributed by atoms with Crippen LogP contribution in [0.5, 0.6) is 5.75 Å². The highest BCUT2D eigenvalue weighted by atomic mass is 35.5. The topological polar surface area (TPSA) is 38.3 Å². The van der Waals surface area contributed by atoms with Crippen LogP contribution in [-0.2, 0) is 17.8 Å². The third-order valence-electron chi connectivity index (χ3n) is 2.90. The van der Waals surface area contributed by atoms with Crippen molar-refractivity contribution in [3.8, 4) is 5.75 Å². The van der Waals surface area contributed by atoms with Gasteiger partial charge in [0.15, 0.2) is 0 Å². The first-order chi connectivity index (χ1) is 9.67. The van der Waals surface area contributed by atoms with E-state index >= 15 is 0 Å². The summed E-state index contributed by atoms with van der Waals surface area (Å²) in [5.41, 5.74) is 1.95. The molecule has 2 aromatic rings. The summed E-state index contributed by atoms with van der Waals surface area (Å²) in [6.07, 6.45) is 0.348. The summed E-state index contributed by atoms with van der Waals surface area (Å²) in [5, 5.41) is 3.56. The molecule has 20 heavy (non-hydrogen) atoms. The van der Waals surface area contributed by atoms with Gasteiger partial charge in [0.2, 0.25) is 5.91 Å². The Balaban J connectivity index is 1.87. The molecule has 0 radical (unpaired) electrons. The summed E-state index contributed by atoms with van der Waals surface area (Å²) in [6, 6.07) is 14.9. The van der Waals surface area contributed by atoms with Crippen molar-refractivity contribution in [1.82, 2.24) is 5.32 Å². The first-order valence-electron chi connectivity index (χ1n) is 6.31. The van der Waals surface area contributed by atoms with Crippen molar-refractivity contribution in [2.75, 3.05) is 7.11 Å². The molecule has 0 aliphatic rings. The van der Waals surface area contributed by atoms with Gasteiger partial charge >= 0.3 is 0 Å². The average Bonchev–Trinajstić information content (AvgIpc) is 2.48. The number of halogens is 1. The molecule has 104 valence electrons. The van der Waals surface area contributed by atoms with Crippen molar-refractivity contribution in [2.45, 2.75) is 13.0 Å². The largest absolute Gasteiger partial charge is 0.497 e. The van der Waals surface area contributed by atoms with E-state index in [1.165, 1.54) is 0 Å². The van der Waals surface area contributed by atoms with Crippen molar-refractivity contribution in [3.63, 3.8) is 0 Å². The molecule has 0 aliphatic carbocycles. The van der Waals surface area contributed by atoms with Crippen molar-refractivity contribution >= 4 is 17.5 Å². The number of hydrogen-bond donors (Lipinski definition) is 1. The second-order valence-electron chi connectivity index (χ2n) is 4.43. The van der Waals surface area contributed by atoms with Gasteiger partial charge in [-0.15, -0.1) is 0 Å². The average molecular weight is 290 g/mol. The Hall–Kier alpha value is -2.00. The van der Waals surface area contributed by atoms with Crippen molar-refractivity contribution in [2.24, 2.45) is 0 Å². The number of benzene rings is 2. The lowest BCUT2D eigenvalue weighted by molar-refractivity contribution is -0.120. The maximum absolute atomic E-state index is 11.8. The van der Waals surface area contributed by atoms with Gasteiger partial charge in [-0.1, -0.05) is 35.9 Å². The number of carbonyl (C=O) groups is 1. The first-order valence-corrected chi connectivity index (χ1v) is 6.69. The molecule has 1 N–H and O–H groups in total. The highest BCUT2D eigenvalue weighted by molar-refractivity contribution is 6.30. The molecular formula is C16H16ClNO2. The van der Waals surface area contributed by atoms with Crippen LogP contribution in [0.3, 0.4) is 0 Å². The van der Waals surface area contributed by atoms with Crippen LogP contribution in [0.2, 0.25) is 5.02 Å². The zero-order valence-electron chi connectivity index (χ0n) is 11.2. The minimum Gasteiger partial charge on any atom is -0.497 e. The van der Waals surface area contributed by atoms with Gasteiger partial charge < -0.3 is 10.1 Å². The number of nitrogens with one attached hydrogen (secondary N) is 1. The number of methoxy groups -OCH3 is 1. The molecular weight excluding hydrogens is 274 g/mol. The van der Waals surface area contributed by atoms with Crippen LogP contribution in [0.15, 0.2) is 48.5 Å². The van der Waals surface area contributed by atoms with E-state index in [-0.39, 0.29) is 5.91 Å². The van der Waals surface area contributed by atoms with Gasteiger partial charge in [-0.25, -0.2) is 0 Å². The summed E-state index contributed by atoms with van der Waals surface area (Å²) in [7, 11) is 1.62. The van der Waals surface area contributed by atoms with Crippen LogP contribution in [0, 0.1) is 0 Å². The molecule has 0 atom stereocenters. The predicted molar refractivity (Wildman–Crippen MR) is 80.0 cm³/mol. The van der Waals surface area contributed by atoms with E-state index in [1.54, 1.807) is 19.2 Å². The number of carbonyl (C=O) groups excluding carboxylic acids is 1. The van der Waals surface area contributed by atoms with E-state index in [4.69, 9.17) is 16.3 Å². The molecule has 4 heteroatoms. The second-order valence-corrected chi connectivity index (χ2v) is 4.87. The lowest BCUT2D eigenvalue weighted by Crippen LogP contribution is -2.24. The quantitative estimate of drug-likeness (QED) is 0.918. The number of amides is 1. The predicted octanol–water partition coefficient (Wildman–Crippen LogP) is 3.21. The molecule has 0 bridgehead atoms. The maximum atomic E-state index is 11.8. The molecule has 3 nitrogen and oxygen atoms in total. The van der Waals surface area contributed by atoms with Gasteiger partial charge in [0, 0.05) is 11.6 Å². The Morgan fingerprint density at radius 3 is 2.60 bits per heavy atom. The number of ether oxygens (including phenoxy) is 1.